The lowest BCUT2D eigenvalue weighted by atomic mass is 9.73. The lowest BCUT2D eigenvalue weighted by Gasteiger charge is -2.39. The van der Waals surface area contributed by atoms with E-state index in [1.807, 2.05) is 6.07 Å². The number of benzene rings is 2. The summed E-state index contributed by atoms with van der Waals surface area (Å²) in [7, 11) is 0. The molecule has 0 aromatic heterocycles. The molecule has 0 saturated carbocycles. The fraction of sp³-hybridized carbons (Fsp3) is 0.300. The van der Waals surface area contributed by atoms with Crippen LogP contribution >= 0.6 is 0 Å². The van der Waals surface area contributed by atoms with Gasteiger partial charge >= 0.3 is 5.97 Å². The third kappa shape index (κ3) is 3.45. The van der Waals surface area contributed by atoms with Gasteiger partial charge in [0.15, 0.2) is 11.6 Å². The molecule has 1 aliphatic rings. The van der Waals surface area contributed by atoms with E-state index in [0.717, 1.165) is 17.7 Å². The first-order valence-corrected chi connectivity index (χ1v) is 8.43. The maximum absolute atomic E-state index is 13.3. The normalized spacial score (nSPS) is 16.3. The van der Waals surface area contributed by atoms with Crippen LogP contribution in [-0.2, 0) is 21.4 Å². The van der Waals surface area contributed by atoms with E-state index in [9.17, 15) is 23.5 Å². The minimum atomic E-state index is -1.000. The lowest BCUT2D eigenvalue weighted by molar-refractivity contribution is -0.148. The van der Waals surface area contributed by atoms with Gasteiger partial charge in [-0.05, 0) is 36.1 Å². The predicted molar refractivity (Wildman–Crippen MR) is 91.6 cm³/mol. The van der Waals surface area contributed by atoms with Crippen LogP contribution in [0.2, 0.25) is 0 Å². The first-order chi connectivity index (χ1) is 12.4. The molecule has 2 aromatic carbocycles. The summed E-state index contributed by atoms with van der Waals surface area (Å²) in [5.74, 6) is -3.05. The zero-order valence-electron chi connectivity index (χ0n) is 14.1. The van der Waals surface area contributed by atoms with Gasteiger partial charge in [0.2, 0.25) is 5.91 Å². The van der Waals surface area contributed by atoms with Crippen LogP contribution in [-0.4, -0.2) is 35.0 Å². The second-order valence-corrected chi connectivity index (χ2v) is 6.56. The average Bonchev–Trinajstić information content (AvgIpc) is 2.65. The summed E-state index contributed by atoms with van der Waals surface area (Å²) in [6.07, 6.45) is 0.592. The number of likely N-dealkylation sites (tertiary alicyclic amines) is 1. The molecule has 1 saturated heterocycles. The van der Waals surface area contributed by atoms with Crippen LogP contribution in [0.15, 0.2) is 48.5 Å². The molecule has 0 atom stereocenters. The van der Waals surface area contributed by atoms with Gasteiger partial charge in [-0.3, -0.25) is 9.59 Å². The SMILES string of the molecule is O=C(Cc1ccc(F)c(F)c1)N1CCC(C(=O)O)(c2ccccc2)CC1. The van der Waals surface area contributed by atoms with Gasteiger partial charge in [0.05, 0.1) is 11.8 Å². The second kappa shape index (κ2) is 7.23. The fourth-order valence-corrected chi connectivity index (χ4v) is 3.46. The summed E-state index contributed by atoms with van der Waals surface area (Å²) < 4.78 is 26.3. The Morgan fingerprint density at radius 2 is 1.65 bits per heavy atom. The van der Waals surface area contributed by atoms with Crippen LogP contribution < -0.4 is 0 Å². The largest absolute Gasteiger partial charge is 0.481 e. The van der Waals surface area contributed by atoms with Crippen molar-refractivity contribution in [1.82, 2.24) is 4.90 Å². The van der Waals surface area contributed by atoms with E-state index < -0.39 is 23.0 Å². The summed E-state index contributed by atoms with van der Waals surface area (Å²) in [6, 6.07) is 12.4. The fourth-order valence-electron chi connectivity index (χ4n) is 3.46. The number of nitrogens with zero attached hydrogens (tertiary/aromatic N) is 1. The monoisotopic (exact) mass is 359 g/mol. The topological polar surface area (TPSA) is 57.6 Å². The molecule has 4 nitrogen and oxygen atoms in total. The molecule has 0 spiro atoms. The molecule has 6 heteroatoms. The number of hydrogen-bond donors (Lipinski definition) is 1. The highest BCUT2D eigenvalue weighted by Gasteiger charge is 2.43. The van der Waals surface area contributed by atoms with Crippen LogP contribution in [0.5, 0.6) is 0 Å². The van der Waals surface area contributed by atoms with Crippen molar-refractivity contribution in [2.24, 2.45) is 0 Å². The first-order valence-electron chi connectivity index (χ1n) is 8.43. The summed E-state index contributed by atoms with van der Waals surface area (Å²) in [6.45, 7) is 0.618. The molecule has 136 valence electrons. The van der Waals surface area contributed by atoms with Gasteiger partial charge in [-0.25, -0.2) is 8.78 Å². The smallest absolute Gasteiger partial charge is 0.314 e. The number of aliphatic carboxylic acids is 1. The number of hydrogen-bond acceptors (Lipinski definition) is 2. The molecule has 0 radical (unpaired) electrons. The molecule has 0 aliphatic carbocycles. The van der Waals surface area contributed by atoms with Gasteiger partial charge in [-0.1, -0.05) is 36.4 Å². The molecular formula is C20H19F2NO3. The Kier molecular flexibility index (Phi) is 5.02. The van der Waals surface area contributed by atoms with E-state index >= 15 is 0 Å². The van der Waals surface area contributed by atoms with Crippen molar-refractivity contribution in [1.29, 1.82) is 0 Å². The Labute approximate surface area is 150 Å². The van der Waals surface area contributed by atoms with Crippen LogP contribution in [0.1, 0.15) is 24.0 Å². The molecule has 1 N–H and O–H groups in total. The minimum Gasteiger partial charge on any atom is -0.481 e. The van der Waals surface area contributed by atoms with E-state index in [-0.39, 0.29) is 12.3 Å². The maximum atomic E-state index is 13.3. The molecule has 26 heavy (non-hydrogen) atoms. The molecule has 1 fully saturated rings. The molecule has 2 aromatic rings. The third-order valence-corrected chi connectivity index (χ3v) is 5.04. The Morgan fingerprint density at radius 3 is 2.23 bits per heavy atom. The number of carboxylic acid groups (broad SMARTS) is 1. The number of piperidine rings is 1. The number of halogens is 2. The lowest BCUT2D eigenvalue weighted by Crippen LogP contribution is -2.49. The highest BCUT2D eigenvalue weighted by atomic mass is 19.2. The molecular weight excluding hydrogens is 340 g/mol. The molecule has 1 amide bonds. The Hall–Kier alpha value is -2.76. The molecule has 0 bridgehead atoms. The highest BCUT2D eigenvalue weighted by Crippen LogP contribution is 2.36. The van der Waals surface area contributed by atoms with Gasteiger partial charge in [0.25, 0.3) is 0 Å². The summed E-state index contributed by atoms with van der Waals surface area (Å²) in [4.78, 5) is 26.0. The highest BCUT2D eigenvalue weighted by molar-refractivity contribution is 5.83. The van der Waals surface area contributed by atoms with E-state index in [1.165, 1.54) is 6.07 Å². The van der Waals surface area contributed by atoms with Crippen LogP contribution in [0.3, 0.4) is 0 Å². The van der Waals surface area contributed by atoms with E-state index in [4.69, 9.17) is 0 Å². The van der Waals surface area contributed by atoms with Gasteiger partial charge in [-0.2, -0.15) is 0 Å². The maximum Gasteiger partial charge on any atom is 0.314 e. The quantitative estimate of drug-likeness (QED) is 0.912. The van der Waals surface area contributed by atoms with Crippen LogP contribution in [0.4, 0.5) is 8.78 Å². The summed E-state index contributed by atoms with van der Waals surface area (Å²) in [5, 5.41) is 9.78. The van der Waals surface area contributed by atoms with Crippen molar-refractivity contribution < 1.29 is 23.5 Å². The zero-order valence-corrected chi connectivity index (χ0v) is 14.1. The van der Waals surface area contributed by atoms with E-state index in [0.29, 0.717) is 31.5 Å². The Morgan fingerprint density at radius 1 is 1.00 bits per heavy atom. The zero-order chi connectivity index (χ0) is 18.7. The standard InChI is InChI=1S/C20H19F2NO3/c21-16-7-6-14(12-17(16)22)13-18(24)23-10-8-20(9-11-23,19(25)26)15-4-2-1-3-5-15/h1-7,12H,8-11,13H2,(H,25,26). The number of carbonyl (C=O) groups is 2. The summed E-state index contributed by atoms with van der Waals surface area (Å²) in [5.41, 5.74) is 0.132. The van der Waals surface area contributed by atoms with E-state index in [1.54, 1.807) is 29.2 Å². The minimum absolute atomic E-state index is 0.0391. The van der Waals surface area contributed by atoms with Crippen molar-refractivity contribution >= 4 is 11.9 Å². The molecule has 3 rings (SSSR count). The molecule has 1 aliphatic heterocycles. The number of carboxylic acids is 1. The predicted octanol–water partition coefficient (Wildman–Crippen LogP) is 3.15. The van der Waals surface area contributed by atoms with Gasteiger partial charge in [0.1, 0.15) is 0 Å². The van der Waals surface area contributed by atoms with Crippen molar-refractivity contribution in [3.05, 3.63) is 71.3 Å². The van der Waals surface area contributed by atoms with Crippen molar-refractivity contribution in [2.75, 3.05) is 13.1 Å². The van der Waals surface area contributed by atoms with E-state index in [2.05, 4.69) is 0 Å². The summed E-state index contributed by atoms with van der Waals surface area (Å²) >= 11 is 0. The second-order valence-electron chi connectivity index (χ2n) is 6.56. The van der Waals surface area contributed by atoms with Crippen molar-refractivity contribution in [3.8, 4) is 0 Å². The van der Waals surface area contributed by atoms with Crippen LogP contribution in [0.25, 0.3) is 0 Å². The third-order valence-electron chi connectivity index (χ3n) is 5.04. The van der Waals surface area contributed by atoms with Gasteiger partial charge in [0, 0.05) is 13.1 Å². The van der Waals surface area contributed by atoms with Gasteiger partial charge in [-0.15, -0.1) is 0 Å². The van der Waals surface area contributed by atoms with Gasteiger partial charge < -0.3 is 10.0 Å². The molecule has 1 heterocycles. The number of carbonyl (C=O) groups excluding carboxylic acids is 1. The Bertz CT molecular complexity index is 815. The average molecular weight is 359 g/mol. The first kappa shape index (κ1) is 18.0. The van der Waals surface area contributed by atoms with Crippen molar-refractivity contribution in [2.45, 2.75) is 24.7 Å². The van der Waals surface area contributed by atoms with Crippen LogP contribution in [0, 0.1) is 11.6 Å². The molecule has 0 unspecified atom stereocenters. The Balaban J connectivity index is 1.69. The number of amides is 1. The van der Waals surface area contributed by atoms with Crippen molar-refractivity contribution in [3.63, 3.8) is 0 Å². The number of rotatable bonds is 4.